The zero-order valence-corrected chi connectivity index (χ0v) is 12.2. The maximum absolute atomic E-state index is 10.9. The highest BCUT2D eigenvalue weighted by Gasteiger charge is 2.11. The molecule has 1 aromatic heterocycles. The molecule has 0 aliphatic heterocycles. The highest BCUT2D eigenvalue weighted by molar-refractivity contribution is 7.09. The molecule has 0 amide bonds. The maximum Gasteiger partial charge on any atom is 0.272 e. The number of nitrogens with zero attached hydrogens (tertiary/aromatic N) is 2. The average Bonchev–Trinajstić information content (AvgIpc) is 2.84. The van der Waals surface area contributed by atoms with Gasteiger partial charge in [0.2, 0.25) is 0 Å². The Balaban J connectivity index is 1.75. The second-order valence-electron chi connectivity index (χ2n) is 4.49. The van der Waals surface area contributed by atoms with E-state index in [2.05, 4.69) is 15.7 Å². The number of thiazole rings is 1. The fourth-order valence-corrected chi connectivity index (χ4v) is 2.64. The lowest BCUT2D eigenvalue weighted by molar-refractivity contribution is -0.385. The number of para-hydroxylation sites is 1. The van der Waals surface area contributed by atoms with E-state index in [1.165, 1.54) is 0 Å². The van der Waals surface area contributed by atoms with Gasteiger partial charge in [0, 0.05) is 30.0 Å². The Morgan fingerprint density at radius 1 is 1.30 bits per heavy atom. The SMILES string of the molecule is Cc1nc(CCNCCc2ccccc2[N+](=O)[O-])cs1. The summed E-state index contributed by atoms with van der Waals surface area (Å²) in [6.45, 7) is 3.56. The van der Waals surface area contributed by atoms with Crippen molar-refractivity contribution in [3.63, 3.8) is 0 Å². The normalized spacial score (nSPS) is 10.7. The largest absolute Gasteiger partial charge is 0.316 e. The number of benzene rings is 1. The molecule has 0 bridgehead atoms. The Morgan fingerprint density at radius 2 is 2.05 bits per heavy atom. The number of hydrogen-bond acceptors (Lipinski definition) is 5. The lowest BCUT2D eigenvalue weighted by Gasteiger charge is -2.04. The molecule has 0 aliphatic rings. The van der Waals surface area contributed by atoms with Gasteiger partial charge in [-0.25, -0.2) is 4.98 Å². The van der Waals surface area contributed by atoms with Gasteiger partial charge in [-0.2, -0.15) is 0 Å². The van der Waals surface area contributed by atoms with Gasteiger partial charge in [-0.05, 0) is 19.9 Å². The van der Waals surface area contributed by atoms with Crippen molar-refractivity contribution in [3.8, 4) is 0 Å². The van der Waals surface area contributed by atoms with Crippen LogP contribution in [0.4, 0.5) is 5.69 Å². The van der Waals surface area contributed by atoms with Crippen molar-refractivity contribution in [1.29, 1.82) is 0 Å². The molecule has 1 aromatic carbocycles. The molecular formula is C14H17N3O2S. The molecule has 0 saturated carbocycles. The molecule has 20 heavy (non-hydrogen) atoms. The van der Waals surface area contributed by atoms with Crippen LogP contribution in [0.15, 0.2) is 29.6 Å². The summed E-state index contributed by atoms with van der Waals surface area (Å²) >= 11 is 1.66. The smallest absolute Gasteiger partial charge is 0.272 e. The van der Waals surface area contributed by atoms with Crippen LogP contribution in [0.5, 0.6) is 0 Å². The van der Waals surface area contributed by atoms with Crippen LogP contribution in [0, 0.1) is 17.0 Å². The minimum Gasteiger partial charge on any atom is -0.316 e. The Morgan fingerprint density at radius 3 is 2.75 bits per heavy atom. The summed E-state index contributed by atoms with van der Waals surface area (Å²) in [6, 6.07) is 6.89. The molecular weight excluding hydrogens is 274 g/mol. The van der Waals surface area contributed by atoms with E-state index in [0.717, 1.165) is 35.8 Å². The van der Waals surface area contributed by atoms with E-state index >= 15 is 0 Å². The second kappa shape index (κ2) is 7.12. The predicted octanol–water partition coefficient (Wildman–Crippen LogP) is 2.73. The van der Waals surface area contributed by atoms with Crippen LogP contribution in [0.1, 0.15) is 16.3 Å². The highest BCUT2D eigenvalue weighted by Crippen LogP contribution is 2.17. The molecule has 0 fully saturated rings. The molecule has 0 atom stereocenters. The van der Waals surface area contributed by atoms with E-state index in [-0.39, 0.29) is 10.6 Å². The minimum absolute atomic E-state index is 0.199. The number of nitro groups is 1. The van der Waals surface area contributed by atoms with E-state index in [4.69, 9.17) is 0 Å². The minimum atomic E-state index is -0.326. The maximum atomic E-state index is 10.9. The third-order valence-corrected chi connectivity index (χ3v) is 3.81. The van der Waals surface area contributed by atoms with Crippen LogP contribution in [-0.2, 0) is 12.8 Å². The van der Waals surface area contributed by atoms with Crippen LogP contribution in [0.25, 0.3) is 0 Å². The number of nitro benzene ring substituents is 1. The number of aromatic nitrogens is 1. The van der Waals surface area contributed by atoms with Gasteiger partial charge < -0.3 is 5.32 Å². The monoisotopic (exact) mass is 291 g/mol. The van der Waals surface area contributed by atoms with Crippen LogP contribution in [0.2, 0.25) is 0 Å². The van der Waals surface area contributed by atoms with Gasteiger partial charge in [0.15, 0.2) is 0 Å². The topological polar surface area (TPSA) is 68.1 Å². The molecule has 1 N–H and O–H groups in total. The zero-order valence-electron chi connectivity index (χ0n) is 11.3. The van der Waals surface area contributed by atoms with Gasteiger partial charge in [-0.3, -0.25) is 10.1 Å². The summed E-state index contributed by atoms with van der Waals surface area (Å²) in [5.41, 5.74) is 2.07. The molecule has 0 aliphatic carbocycles. The molecule has 1 heterocycles. The Bertz CT molecular complexity index is 583. The Labute approximate surface area is 121 Å². The van der Waals surface area contributed by atoms with E-state index in [1.54, 1.807) is 23.5 Å². The summed E-state index contributed by atoms with van der Waals surface area (Å²) < 4.78 is 0. The molecule has 0 unspecified atom stereocenters. The molecule has 2 aromatic rings. The Kier molecular flexibility index (Phi) is 5.20. The summed E-state index contributed by atoms with van der Waals surface area (Å²) in [7, 11) is 0. The van der Waals surface area contributed by atoms with Crippen LogP contribution >= 0.6 is 11.3 Å². The van der Waals surface area contributed by atoms with Crippen molar-refractivity contribution < 1.29 is 4.92 Å². The number of nitrogens with one attached hydrogen (secondary N) is 1. The Hall–Kier alpha value is -1.79. The predicted molar refractivity (Wildman–Crippen MR) is 80.2 cm³/mol. The van der Waals surface area contributed by atoms with Crippen molar-refractivity contribution in [2.75, 3.05) is 13.1 Å². The first-order valence-corrected chi connectivity index (χ1v) is 7.39. The number of rotatable bonds is 7. The molecule has 0 radical (unpaired) electrons. The fraction of sp³-hybridized carbons (Fsp3) is 0.357. The second-order valence-corrected chi connectivity index (χ2v) is 5.56. The standard InChI is InChI=1S/C14H17N3O2S/c1-11-16-13(10-20-11)7-9-15-8-6-12-4-2-3-5-14(12)17(18)19/h2-5,10,15H,6-9H2,1H3. The number of hydrogen-bond donors (Lipinski definition) is 1. The molecule has 0 spiro atoms. The van der Waals surface area contributed by atoms with Crippen molar-refractivity contribution in [1.82, 2.24) is 10.3 Å². The van der Waals surface area contributed by atoms with Gasteiger partial charge in [0.05, 0.1) is 15.6 Å². The molecule has 0 saturated heterocycles. The highest BCUT2D eigenvalue weighted by atomic mass is 32.1. The zero-order chi connectivity index (χ0) is 14.4. The molecule has 106 valence electrons. The van der Waals surface area contributed by atoms with Gasteiger partial charge in [-0.15, -0.1) is 11.3 Å². The molecule has 6 heteroatoms. The lowest BCUT2D eigenvalue weighted by atomic mass is 10.1. The van der Waals surface area contributed by atoms with Crippen LogP contribution < -0.4 is 5.32 Å². The molecule has 5 nitrogen and oxygen atoms in total. The third kappa shape index (κ3) is 4.11. The van der Waals surface area contributed by atoms with Crippen molar-refractivity contribution in [2.45, 2.75) is 19.8 Å². The van der Waals surface area contributed by atoms with E-state index < -0.39 is 0 Å². The van der Waals surface area contributed by atoms with Crippen molar-refractivity contribution in [2.24, 2.45) is 0 Å². The van der Waals surface area contributed by atoms with Crippen LogP contribution in [0.3, 0.4) is 0 Å². The first kappa shape index (κ1) is 14.6. The lowest BCUT2D eigenvalue weighted by Crippen LogP contribution is -2.20. The van der Waals surface area contributed by atoms with Gasteiger partial charge in [0.25, 0.3) is 5.69 Å². The summed E-state index contributed by atoms with van der Waals surface area (Å²) in [4.78, 5) is 14.9. The summed E-state index contributed by atoms with van der Waals surface area (Å²) in [5, 5.41) is 17.3. The van der Waals surface area contributed by atoms with E-state index in [9.17, 15) is 10.1 Å². The fourth-order valence-electron chi connectivity index (χ4n) is 1.99. The van der Waals surface area contributed by atoms with Gasteiger partial charge >= 0.3 is 0 Å². The van der Waals surface area contributed by atoms with Crippen molar-refractivity contribution >= 4 is 17.0 Å². The average molecular weight is 291 g/mol. The van der Waals surface area contributed by atoms with Crippen molar-refractivity contribution in [3.05, 3.63) is 56.0 Å². The van der Waals surface area contributed by atoms with Gasteiger partial charge in [0.1, 0.15) is 0 Å². The first-order chi connectivity index (χ1) is 9.66. The van der Waals surface area contributed by atoms with E-state index in [0.29, 0.717) is 6.42 Å². The molecule has 2 rings (SSSR count). The third-order valence-electron chi connectivity index (χ3n) is 2.98. The number of aryl methyl sites for hydroxylation is 1. The van der Waals surface area contributed by atoms with Crippen LogP contribution in [-0.4, -0.2) is 23.0 Å². The first-order valence-electron chi connectivity index (χ1n) is 6.51. The van der Waals surface area contributed by atoms with Gasteiger partial charge in [-0.1, -0.05) is 18.2 Å². The summed E-state index contributed by atoms with van der Waals surface area (Å²) in [6.07, 6.45) is 1.55. The quantitative estimate of drug-likeness (QED) is 0.484. The summed E-state index contributed by atoms with van der Waals surface area (Å²) in [5.74, 6) is 0. The van der Waals surface area contributed by atoms with E-state index in [1.807, 2.05) is 19.1 Å².